The number of nitrogens with zero attached hydrogens (tertiary/aromatic N) is 1. The van der Waals surface area contributed by atoms with Gasteiger partial charge in [0.1, 0.15) is 5.82 Å². The van der Waals surface area contributed by atoms with Crippen LogP contribution < -0.4 is 11.1 Å². The predicted octanol–water partition coefficient (Wildman–Crippen LogP) is 3.30. The number of hydrogen-bond acceptors (Lipinski definition) is 3. The highest BCUT2D eigenvalue weighted by molar-refractivity contribution is 9.10. The molecule has 0 fully saturated rings. The maximum atomic E-state index is 12.2. The van der Waals surface area contributed by atoms with Crippen molar-refractivity contribution in [2.75, 3.05) is 11.1 Å². The maximum absolute atomic E-state index is 12.2. The molecule has 1 aromatic carbocycles. The molecule has 1 amide bonds. The number of pyridine rings is 1. The summed E-state index contributed by atoms with van der Waals surface area (Å²) in [5.41, 5.74) is 8.65. The van der Waals surface area contributed by atoms with Gasteiger partial charge in [-0.25, -0.2) is 4.98 Å². The molecule has 0 atom stereocenters. The Morgan fingerprint density at radius 3 is 2.63 bits per heavy atom. The monoisotopic (exact) mass is 319 g/mol. The molecule has 19 heavy (non-hydrogen) atoms. The average molecular weight is 320 g/mol. The van der Waals surface area contributed by atoms with E-state index >= 15 is 0 Å². The topological polar surface area (TPSA) is 68.0 Å². The first-order chi connectivity index (χ1) is 8.97. The molecule has 0 bridgehead atoms. The van der Waals surface area contributed by atoms with Gasteiger partial charge in [0.2, 0.25) is 0 Å². The first-order valence-electron chi connectivity index (χ1n) is 5.77. The minimum absolute atomic E-state index is 0.185. The van der Waals surface area contributed by atoms with Crippen LogP contribution in [0.15, 0.2) is 34.9 Å². The van der Waals surface area contributed by atoms with Gasteiger partial charge in [0, 0.05) is 21.9 Å². The number of benzene rings is 1. The molecule has 98 valence electrons. The Labute approximate surface area is 120 Å². The third-order valence-electron chi connectivity index (χ3n) is 2.77. The van der Waals surface area contributed by atoms with Crippen molar-refractivity contribution in [1.82, 2.24) is 4.98 Å². The van der Waals surface area contributed by atoms with E-state index in [1.807, 2.05) is 19.9 Å². The minimum atomic E-state index is -0.185. The first-order valence-corrected chi connectivity index (χ1v) is 6.56. The lowest BCUT2D eigenvalue weighted by molar-refractivity contribution is 0.102. The summed E-state index contributed by atoms with van der Waals surface area (Å²) in [5, 5.41) is 2.80. The Balaban J connectivity index is 2.25. The van der Waals surface area contributed by atoms with Gasteiger partial charge >= 0.3 is 0 Å². The van der Waals surface area contributed by atoms with Crippen molar-refractivity contribution >= 4 is 33.3 Å². The van der Waals surface area contributed by atoms with Crippen LogP contribution in [0.25, 0.3) is 0 Å². The number of amides is 1. The molecule has 1 aromatic heterocycles. The van der Waals surface area contributed by atoms with Crippen LogP contribution in [0.2, 0.25) is 0 Å². The molecular weight excluding hydrogens is 306 g/mol. The number of carbonyl (C=O) groups is 1. The van der Waals surface area contributed by atoms with Gasteiger partial charge in [0.05, 0.1) is 0 Å². The number of nitrogens with one attached hydrogen (secondary N) is 1. The van der Waals surface area contributed by atoms with Crippen molar-refractivity contribution in [2.24, 2.45) is 0 Å². The Morgan fingerprint density at radius 1 is 1.26 bits per heavy atom. The van der Waals surface area contributed by atoms with Gasteiger partial charge in [-0.2, -0.15) is 0 Å². The Kier molecular flexibility index (Phi) is 3.85. The predicted molar refractivity (Wildman–Crippen MR) is 80.2 cm³/mol. The Morgan fingerprint density at radius 2 is 2.00 bits per heavy atom. The van der Waals surface area contributed by atoms with E-state index in [1.165, 1.54) is 0 Å². The largest absolute Gasteiger partial charge is 0.399 e. The number of aryl methyl sites for hydroxylation is 2. The lowest BCUT2D eigenvalue weighted by Crippen LogP contribution is -2.15. The van der Waals surface area contributed by atoms with Gasteiger partial charge in [-0.15, -0.1) is 0 Å². The molecular formula is C14H14BrN3O. The first kappa shape index (κ1) is 13.5. The lowest BCUT2D eigenvalue weighted by atomic mass is 10.1. The van der Waals surface area contributed by atoms with Crippen LogP contribution in [0.1, 0.15) is 21.5 Å². The molecule has 2 aromatic rings. The van der Waals surface area contributed by atoms with Crippen LogP contribution in [0.5, 0.6) is 0 Å². The fourth-order valence-electron chi connectivity index (χ4n) is 1.79. The van der Waals surface area contributed by atoms with Gasteiger partial charge in [0.15, 0.2) is 0 Å². The molecule has 3 N–H and O–H groups in total. The normalized spacial score (nSPS) is 10.3. The summed E-state index contributed by atoms with van der Waals surface area (Å²) in [6, 6.07) is 7.10. The molecule has 2 rings (SSSR count). The molecule has 0 unspecified atom stereocenters. The smallest absolute Gasteiger partial charge is 0.257 e. The summed E-state index contributed by atoms with van der Waals surface area (Å²) in [6.07, 6.45) is 1.65. The van der Waals surface area contributed by atoms with E-state index in [0.29, 0.717) is 17.1 Å². The van der Waals surface area contributed by atoms with Gasteiger partial charge in [-0.05, 0) is 65.2 Å². The van der Waals surface area contributed by atoms with E-state index in [4.69, 9.17) is 5.73 Å². The van der Waals surface area contributed by atoms with Crippen molar-refractivity contribution in [2.45, 2.75) is 13.8 Å². The molecule has 0 aliphatic carbocycles. The fourth-order valence-corrected chi connectivity index (χ4v) is 2.23. The summed E-state index contributed by atoms with van der Waals surface area (Å²) >= 11 is 3.34. The molecule has 0 radical (unpaired) electrons. The van der Waals surface area contributed by atoms with Crippen LogP contribution in [0, 0.1) is 13.8 Å². The molecule has 0 aliphatic heterocycles. The number of aromatic nitrogens is 1. The van der Waals surface area contributed by atoms with Crippen LogP contribution >= 0.6 is 15.9 Å². The lowest BCUT2D eigenvalue weighted by Gasteiger charge is -2.09. The van der Waals surface area contributed by atoms with Gasteiger partial charge in [-0.1, -0.05) is 0 Å². The Bertz CT molecular complexity index is 641. The summed E-state index contributed by atoms with van der Waals surface area (Å²) in [7, 11) is 0. The van der Waals surface area contributed by atoms with E-state index < -0.39 is 0 Å². The van der Waals surface area contributed by atoms with Crippen LogP contribution in [-0.2, 0) is 0 Å². The van der Waals surface area contributed by atoms with Crippen LogP contribution in [-0.4, -0.2) is 10.9 Å². The number of nitrogens with two attached hydrogens (primary N) is 1. The van der Waals surface area contributed by atoms with Crippen molar-refractivity contribution in [3.05, 3.63) is 51.6 Å². The number of anilines is 2. The molecule has 0 saturated carbocycles. The minimum Gasteiger partial charge on any atom is -0.399 e. The highest BCUT2D eigenvalue weighted by atomic mass is 79.9. The van der Waals surface area contributed by atoms with Crippen molar-refractivity contribution in [3.63, 3.8) is 0 Å². The highest BCUT2D eigenvalue weighted by Crippen LogP contribution is 2.19. The molecule has 0 aliphatic rings. The number of hydrogen-bond donors (Lipinski definition) is 2. The second-order valence-electron chi connectivity index (χ2n) is 4.35. The summed E-state index contributed by atoms with van der Waals surface area (Å²) in [6.45, 7) is 3.75. The molecule has 0 saturated heterocycles. The summed E-state index contributed by atoms with van der Waals surface area (Å²) < 4.78 is 0.881. The van der Waals surface area contributed by atoms with Crippen molar-refractivity contribution in [1.29, 1.82) is 0 Å². The van der Waals surface area contributed by atoms with E-state index in [1.54, 1.807) is 24.4 Å². The molecule has 1 heterocycles. The standard InChI is InChI=1S/C14H14BrN3O/c1-8-6-11(16)3-4-12(8)14(19)18-13-9(2)5-10(15)7-17-13/h3-7H,16H2,1-2H3,(H,17,18,19). The second-order valence-corrected chi connectivity index (χ2v) is 5.26. The van der Waals surface area contributed by atoms with E-state index in [2.05, 4.69) is 26.2 Å². The summed E-state index contributed by atoms with van der Waals surface area (Å²) in [4.78, 5) is 16.4. The highest BCUT2D eigenvalue weighted by Gasteiger charge is 2.11. The van der Waals surface area contributed by atoms with Crippen LogP contribution in [0.4, 0.5) is 11.5 Å². The maximum Gasteiger partial charge on any atom is 0.257 e. The third-order valence-corrected chi connectivity index (χ3v) is 3.21. The van der Waals surface area contributed by atoms with Gasteiger partial charge in [0.25, 0.3) is 5.91 Å². The number of rotatable bonds is 2. The summed E-state index contributed by atoms with van der Waals surface area (Å²) in [5.74, 6) is 0.375. The van der Waals surface area contributed by atoms with E-state index in [9.17, 15) is 4.79 Å². The zero-order valence-corrected chi connectivity index (χ0v) is 12.3. The number of carbonyl (C=O) groups excluding carboxylic acids is 1. The molecule has 0 spiro atoms. The number of nitrogen functional groups attached to an aromatic ring is 1. The quantitative estimate of drug-likeness (QED) is 0.834. The SMILES string of the molecule is Cc1cc(N)ccc1C(=O)Nc1ncc(Br)cc1C. The zero-order valence-electron chi connectivity index (χ0n) is 10.7. The van der Waals surface area contributed by atoms with E-state index in [0.717, 1.165) is 15.6 Å². The number of halogens is 1. The van der Waals surface area contributed by atoms with Crippen molar-refractivity contribution in [3.8, 4) is 0 Å². The van der Waals surface area contributed by atoms with Gasteiger partial charge < -0.3 is 11.1 Å². The molecule has 4 nitrogen and oxygen atoms in total. The zero-order chi connectivity index (χ0) is 14.0. The fraction of sp³-hybridized carbons (Fsp3) is 0.143. The average Bonchev–Trinajstić information content (AvgIpc) is 2.32. The van der Waals surface area contributed by atoms with E-state index in [-0.39, 0.29) is 5.91 Å². The Hall–Kier alpha value is -1.88. The second kappa shape index (κ2) is 5.40. The third kappa shape index (κ3) is 3.12. The van der Waals surface area contributed by atoms with Gasteiger partial charge in [-0.3, -0.25) is 4.79 Å². The van der Waals surface area contributed by atoms with Crippen molar-refractivity contribution < 1.29 is 4.79 Å². The van der Waals surface area contributed by atoms with Crippen LogP contribution in [0.3, 0.4) is 0 Å². The molecule has 5 heteroatoms.